The average Bonchev–Trinajstić information content (AvgIpc) is 2.77. The molecule has 0 fully saturated rings. The highest BCUT2D eigenvalue weighted by atomic mass is 32.2. The Kier molecular flexibility index (Phi) is 3.97. The molecule has 0 aliphatic carbocycles. The molecule has 0 saturated heterocycles. The van der Waals surface area contributed by atoms with Crippen molar-refractivity contribution >= 4 is 40.5 Å². The summed E-state index contributed by atoms with van der Waals surface area (Å²) in [7, 11) is 0. The molecule has 2 rings (SSSR count). The van der Waals surface area contributed by atoms with Crippen LogP contribution in [0.4, 0.5) is 5.69 Å². The number of hydrogen-bond donors (Lipinski definition) is 0. The van der Waals surface area contributed by atoms with Crippen molar-refractivity contribution in [2.24, 2.45) is 0 Å². The third kappa shape index (κ3) is 3.18. The summed E-state index contributed by atoms with van der Waals surface area (Å²) in [6.45, 7) is 0. The molecule has 1 heterocycles. The van der Waals surface area contributed by atoms with E-state index < -0.39 is 4.92 Å². The van der Waals surface area contributed by atoms with Crippen LogP contribution in [-0.2, 0) is 0 Å². The molecule has 0 N–H and O–H groups in total. The topological polar surface area (TPSA) is 68.9 Å². The first-order valence-electron chi connectivity index (χ1n) is 4.49. The van der Waals surface area contributed by atoms with Crippen LogP contribution in [0.15, 0.2) is 37.8 Å². The van der Waals surface area contributed by atoms with E-state index >= 15 is 0 Å². The van der Waals surface area contributed by atoms with E-state index in [0.717, 1.165) is 13.6 Å². The molecule has 0 radical (unpaired) electrons. The van der Waals surface area contributed by atoms with Crippen LogP contribution in [0.1, 0.15) is 0 Å². The summed E-state index contributed by atoms with van der Waals surface area (Å²) in [6, 6.07) is 6.39. The van der Waals surface area contributed by atoms with E-state index in [4.69, 9.17) is 0 Å². The lowest BCUT2D eigenvalue weighted by atomic mass is 10.3. The Balaban J connectivity index is 2.10. The minimum atomic E-state index is -0.411. The molecule has 0 spiro atoms. The van der Waals surface area contributed by atoms with E-state index in [1.54, 1.807) is 23.9 Å². The number of nitro groups is 1. The smallest absolute Gasteiger partial charge is 0.258 e. The Morgan fingerprint density at radius 3 is 2.41 bits per heavy atom. The first-order valence-corrected chi connectivity index (χ1v) is 7.34. The van der Waals surface area contributed by atoms with Crippen LogP contribution in [0.25, 0.3) is 0 Å². The minimum absolute atomic E-state index is 0.0939. The van der Waals surface area contributed by atoms with Gasteiger partial charge in [0, 0.05) is 17.0 Å². The molecule has 5 nitrogen and oxygen atoms in total. The second kappa shape index (κ2) is 5.48. The van der Waals surface area contributed by atoms with E-state index in [1.807, 2.05) is 6.26 Å². The highest BCUT2D eigenvalue weighted by Crippen LogP contribution is 2.33. The second-order valence-electron chi connectivity index (χ2n) is 2.89. The van der Waals surface area contributed by atoms with Gasteiger partial charge >= 0.3 is 0 Å². The SMILES string of the molecule is CSc1nnc(Sc2ccc([N+](=O)[O-])cc2)s1. The molecule has 0 unspecified atom stereocenters. The second-order valence-corrected chi connectivity index (χ2v) is 6.24. The number of nitro benzene ring substituents is 1. The van der Waals surface area contributed by atoms with Crippen molar-refractivity contribution in [1.82, 2.24) is 10.2 Å². The Labute approximate surface area is 110 Å². The normalized spacial score (nSPS) is 10.4. The van der Waals surface area contributed by atoms with Crippen LogP contribution in [0.3, 0.4) is 0 Å². The van der Waals surface area contributed by atoms with Gasteiger partial charge in [-0.1, -0.05) is 34.9 Å². The van der Waals surface area contributed by atoms with E-state index in [1.165, 1.54) is 35.2 Å². The van der Waals surface area contributed by atoms with Crippen LogP contribution in [0.2, 0.25) is 0 Å². The molecule has 8 heteroatoms. The summed E-state index contributed by atoms with van der Waals surface area (Å²) >= 11 is 4.51. The van der Waals surface area contributed by atoms with Crippen molar-refractivity contribution in [1.29, 1.82) is 0 Å². The monoisotopic (exact) mass is 285 g/mol. The molecular weight excluding hydrogens is 278 g/mol. The maximum atomic E-state index is 10.5. The van der Waals surface area contributed by atoms with E-state index in [0.29, 0.717) is 0 Å². The molecule has 0 aliphatic heterocycles. The standard InChI is InChI=1S/C9H7N3O2S3/c1-15-8-10-11-9(17-8)16-7-4-2-6(3-5-7)12(13)14/h2-5H,1H3. The molecule has 17 heavy (non-hydrogen) atoms. The van der Waals surface area contributed by atoms with Crippen molar-refractivity contribution in [3.8, 4) is 0 Å². The van der Waals surface area contributed by atoms with E-state index in [-0.39, 0.29) is 5.69 Å². The Hall–Kier alpha value is -1.12. The fourth-order valence-corrected chi connectivity index (χ4v) is 3.47. The third-order valence-corrected chi connectivity index (χ3v) is 4.77. The molecule has 0 amide bonds. The predicted molar refractivity (Wildman–Crippen MR) is 68.9 cm³/mol. The van der Waals surface area contributed by atoms with Gasteiger partial charge in [-0.3, -0.25) is 10.1 Å². The van der Waals surface area contributed by atoms with Gasteiger partial charge in [0.15, 0.2) is 8.68 Å². The van der Waals surface area contributed by atoms with Crippen molar-refractivity contribution in [3.63, 3.8) is 0 Å². The van der Waals surface area contributed by atoms with Crippen LogP contribution >= 0.6 is 34.9 Å². The van der Waals surface area contributed by atoms with Crippen molar-refractivity contribution in [2.45, 2.75) is 13.6 Å². The fraction of sp³-hybridized carbons (Fsp3) is 0.111. The number of hydrogen-bond acceptors (Lipinski definition) is 7. The molecule has 0 atom stereocenters. The predicted octanol–water partition coefficient (Wildman–Crippen LogP) is 3.32. The van der Waals surface area contributed by atoms with Crippen LogP contribution < -0.4 is 0 Å². The highest BCUT2D eigenvalue weighted by molar-refractivity contribution is 8.03. The lowest BCUT2D eigenvalue weighted by Gasteiger charge is -1.95. The quantitative estimate of drug-likeness (QED) is 0.487. The Morgan fingerprint density at radius 1 is 1.24 bits per heavy atom. The van der Waals surface area contributed by atoms with Gasteiger partial charge in [-0.2, -0.15) is 0 Å². The molecule has 1 aromatic heterocycles. The number of benzene rings is 1. The maximum absolute atomic E-state index is 10.5. The maximum Gasteiger partial charge on any atom is 0.269 e. The molecule has 88 valence electrons. The lowest BCUT2D eigenvalue weighted by Crippen LogP contribution is -1.86. The zero-order chi connectivity index (χ0) is 12.3. The van der Waals surface area contributed by atoms with E-state index in [9.17, 15) is 10.1 Å². The molecule has 0 saturated carbocycles. The number of rotatable bonds is 4. The van der Waals surface area contributed by atoms with Crippen molar-refractivity contribution in [3.05, 3.63) is 34.4 Å². The summed E-state index contributed by atoms with van der Waals surface area (Å²) in [5.41, 5.74) is 0.0939. The van der Waals surface area contributed by atoms with Crippen molar-refractivity contribution < 1.29 is 4.92 Å². The summed E-state index contributed by atoms with van der Waals surface area (Å²) in [6.07, 6.45) is 1.95. The highest BCUT2D eigenvalue weighted by Gasteiger charge is 2.07. The summed E-state index contributed by atoms with van der Waals surface area (Å²) in [4.78, 5) is 11.0. The van der Waals surface area contributed by atoms with Gasteiger partial charge in [-0.25, -0.2) is 0 Å². The summed E-state index contributed by atoms with van der Waals surface area (Å²) in [5, 5.41) is 18.5. The number of thioether (sulfide) groups is 1. The lowest BCUT2D eigenvalue weighted by molar-refractivity contribution is -0.384. The number of non-ortho nitro benzene ring substituents is 1. The Morgan fingerprint density at radius 2 is 1.88 bits per heavy atom. The van der Waals surface area contributed by atoms with Crippen LogP contribution in [0.5, 0.6) is 0 Å². The summed E-state index contributed by atoms with van der Waals surface area (Å²) < 4.78 is 1.75. The molecule has 0 bridgehead atoms. The van der Waals surface area contributed by atoms with Gasteiger partial charge in [0.25, 0.3) is 5.69 Å². The average molecular weight is 285 g/mol. The first-order chi connectivity index (χ1) is 8.19. The van der Waals surface area contributed by atoms with Gasteiger partial charge in [0.2, 0.25) is 0 Å². The first kappa shape index (κ1) is 12.3. The zero-order valence-corrected chi connectivity index (χ0v) is 11.1. The molecule has 1 aromatic carbocycles. The largest absolute Gasteiger partial charge is 0.269 e. The molecule has 0 aliphatic rings. The van der Waals surface area contributed by atoms with Gasteiger partial charge in [-0.05, 0) is 18.4 Å². The number of nitrogens with zero attached hydrogens (tertiary/aromatic N) is 3. The van der Waals surface area contributed by atoms with Gasteiger partial charge in [0.1, 0.15) is 0 Å². The van der Waals surface area contributed by atoms with Gasteiger partial charge < -0.3 is 0 Å². The number of aromatic nitrogens is 2. The van der Waals surface area contributed by atoms with Crippen molar-refractivity contribution in [2.75, 3.05) is 6.26 Å². The molecular formula is C9H7N3O2S3. The Bertz CT molecular complexity index is 527. The third-order valence-electron chi connectivity index (χ3n) is 1.82. The van der Waals surface area contributed by atoms with Gasteiger partial charge in [-0.15, -0.1) is 10.2 Å². The minimum Gasteiger partial charge on any atom is -0.258 e. The van der Waals surface area contributed by atoms with Crippen LogP contribution in [0, 0.1) is 10.1 Å². The molecule has 2 aromatic rings. The zero-order valence-electron chi connectivity index (χ0n) is 8.69. The fourth-order valence-electron chi connectivity index (χ4n) is 1.06. The van der Waals surface area contributed by atoms with Crippen LogP contribution in [-0.4, -0.2) is 21.4 Å². The summed E-state index contributed by atoms with van der Waals surface area (Å²) in [5.74, 6) is 0. The van der Waals surface area contributed by atoms with E-state index in [2.05, 4.69) is 10.2 Å². The van der Waals surface area contributed by atoms with Gasteiger partial charge in [0.05, 0.1) is 4.92 Å².